The number of hydrogen-bond acceptors (Lipinski definition) is 5. The van der Waals surface area contributed by atoms with Gasteiger partial charge in [-0.2, -0.15) is 11.8 Å². The van der Waals surface area contributed by atoms with Crippen LogP contribution in [0.15, 0.2) is 0 Å². The van der Waals surface area contributed by atoms with E-state index in [0.717, 1.165) is 5.75 Å². The van der Waals surface area contributed by atoms with Crippen LogP contribution < -0.4 is 5.32 Å². The molecule has 0 saturated carbocycles. The van der Waals surface area contributed by atoms with Crippen molar-refractivity contribution in [3.63, 3.8) is 0 Å². The maximum Gasteiger partial charge on any atom is 0.326 e. The van der Waals surface area contributed by atoms with E-state index < -0.39 is 5.54 Å². The predicted octanol–water partition coefficient (Wildman–Crippen LogP) is 1.03. The topological polar surface area (TPSA) is 58.6 Å². The van der Waals surface area contributed by atoms with Gasteiger partial charge in [-0.15, -0.1) is 0 Å². The van der Waals surface area contributed by atoms with Crippen LogP contribution in [0.4, 0.5) is 0 Å². The smallest absolute Gasteiger partial charge is 0.326 e. The molecule has 5 heteroatoms. The van der Waals surface area contributed by atoms with Crippen LogP contribution in [0.1, 0.15) is 27.2 Å². The van der Waals surface area contributed by atoms with Gasteiger partial charge in [-0.05, 0) is 33.1 Å². The molecule has 4 nitrogen and oxygen atoms in total. The van der Waals surface area contributed by atoms with Gasteiger partial charge >= 0.3 is 5.97 Å². The zero-order valence-corrected chi connectivity index (χ0v) is 11.4. The molecule has 0 aromatic heterocycles. The van der Waals surface area contributed by atoms with E-state index in [-0.39, 0.29) is 17.8 Å². The van der Waals surface area contributed by atoms with Crippen molar-refractivity contribution in [3.05, 3.63) is 0 Å². The van der Waals surface area contributed by atoms with Crippen LogP contribution in [-0.4, -0.2) is 47.9 Å². The van der Waals surface area contributed by atoms with Crippen molar-refractivity contribution < 1.29 is 14.6 Å². The Balaban J connectivity index is 4.11. The molecule has 0 amide bonds. The Kier molecular flexibility index (Phi) is 7.80. The lowest BCUT2D eigenvalue weighted by Gasteiger charge is -2.26. The van der Waals surface area contributed by atoms with Crippen LogP contribution >= 0.6 is 11.8 Å². The Hall–Kier alpha value is -0.260. The molecule has 16 heavy (non-hydrogen) atoms. The molecule has 0 rings (SSSR count). The Labute approximate surface area is 102 Å². The number of nitrogens with one attached hydrogen (secondary N) is 1. The zero-order chi connectivity index (χ0) is 12.6. The van der Waals surface area contributed by atoms with Crippen molar-refractivity contribution in [3.8, 4) is 0 Å². The number of aliphatic hydroxyl groups excluding tert-OH is 1. The molecular formula is C11H23NO3S. The summed E-state index contributed by atoms with van der Waals surface area (Å²) in [4.78, 5) is 11.7. The molecule has 96 valence electrons. The third-order valence-corrected chi connectivity index (χ3v) is 3.70. The first-order chi connectivity index (χ1) is 7.50. The molecule has 0 aliphatic rings. The van der Waals surface area contributed by atoms with Crippen molar-refractivity contribution in [2.45, 2.75) is 38.0 Å². The van der Waals surface area contributed by atoms with E-state index in [1.807, 2.05) is 13.8 Å². The van der Waals surface area contributed by atoms with Gasteiger partial charge in [-0.25, -0.2) is 0 Å². The Morgan fingerprint density at radius 1 is 1.62 bits per heavy atom. The number of carbonyl (C=O) groups excluding carboxylic acids is 1. The van der Waals surface area contributed by atoms with Crippen LogP contribution in [0.5, 0.6) is 0 Å². The van der Waals surface area contributed by atoms with Gasteiger partial charge < -0.3 is 15.2 Å². The molecule has 0 bridgehead atoms. The van der Waals surface area contributed by atoms with Crippen molar-refractivity contribution in [1.29, 1.82) is 0 Å². The molecule has 0 radical (unpaired) electrons. The largest absolute Gasteiger partial charge is 0.465 e. The lowest BCUT2D eigenvalue weighted by Crippen LogP contribution is -2.49. The average Bonchev–Trinajstić information content (AvgIpc) is 2.28. The first-order valence-corrected chi connectivity index (χ1v) is 6.63. The standard InChI is InChI=1S/C11H23NO3S/c1-5-15-10(14)11(3,12-4)6-7-16-9(2)8-13/h9,12-13H,5-8H2,1-4H3. The highest BCUT2D eigenvalue weighted by Gasteiger charge is 2.32. The number of ether oxygens (including phenoxy) is 1. The Morgan fingerprint density at radius 2 is 2.25 bits per heavy atom. The van der Waals surface area contributed by atoms with E-state index in [0.29, 0.717) is 13.0 Å². The fourth-order valence-electron chi connectivity index (χ4n) is 1.14. The third-order valence-electron chi connectivity index (χ3n) is 2.54. The zero-order valence-electron chi connectivity index (χ0n) is 10.6. The molecule has 0 aromatic carbocycles. The van der Waals surface area contributed by atoms with Gasteiger partial charge in [0.25, 0.3) is 0 Å². The Bertz CT molecular complexity index is 213. The molecule has 0 saturated heterocycles. The molecular weight excluding hydrogens is 226 g/mol. The fourth-order valence-corrected chi connectivity index (χ4v) is 2.17. The summed E-state index contributed by atoms with van der Waals surface area (Å²) in [7, 11) is 1.76. The number of carbonyl (C=O) groups is 1. The van der Waals surface area contributed by atoms with Crippen LogP contribution in [0.3, 0.4) is 0 Å². The van der Waals surface area contributed by atoms with Crippen LogP contribution in [0.25, 0.3) is 0 Å². The lowest BCUT2D eigenvalue weighted by molar-refractivity contribution is -0.150. The van der Waals surface area contributed by atoms with Crippen molar-refractivity contribution in [2.75, 3.05) is 26.0 Å². The minimum Gasteiger partial charge on any atom is -0.465 e. The van der Waals surface area contributed by atoms with E-state index in [4.69, 9.17) is 9.84 Å². The van der Waals surface area contributed by atoms with Crippen LogP contribution in [0, 0.1) is 0 Å². The monoisotopic (exact) mass is 249 g/mol. The molecule has 0 heterocycles. The van der Waals surface area contributed by atoms with Gasteiger partial charge in [0.2, 0.25) is 0 Å². The molecule has 2 atom stereocenters. The SMILES string of the molecule is CCOC(=O)C(C)(CCSC(C)CO)NC. The summed E-state index contributed by atoms with van der Waals surface area (Å²) in [5.41, 5.74) is -0.627. The highest BCUT2D eigenvalue weighted by atomic mass is 32.2. The van der Waals surface area contributed by atoms with E-state index in [1.54, 1.807) is 25.7 Å². The third kappa shape index (κ3) is 5.18. The number of rotatable bonds is 8. The second kappa shape index (κ2) is 7.92. The number of aliphatic hydroxyl groups is 1. The maximum absolute atomic E-state index is 11.7. The van der Waals surface area contributed by atoms with E-state index in [9.17, 15) is 4.79 Å². The van der Waals surface area contributed by atoms with E-state index >= 15 is 0 Å². The predicted molar refractivity (Wildman–Crippen MR) is 67.7 cm³/mol. The van der Waals surface area contributed by atoms with Crippen molar-refractivity contribution >= 4 is 17.7 Å². The molecule has 0 fully saturated rings. The van der Waals surface area contributed by atoms with Gasteiger partial charge in [0.1, 0.15) is 5.54 Å². The van der Waals surface area contributed by atoms with E-state index in [1.165, 1.54) is 0 Å². The minimum atomic E-state index is -0.627. The van der Waals surface area contributed by atoms with Crippen LogP contribution in [0.2, 0.25) is 0 Å². The quantitative estimate of drug-likeness (QED) is 0.629. The summed E-state index contributed by atoms with van der Waals surface area (Å²) in [5.74, 6) is 0.604. The molecule has 0 aliphatic heterocycles. The van der Waals surface area contributed by atoms with Crippen molar-refractivity contribution in [1.82, 2.24) is 5.32 Å². The average molecular weight is 249 g/mol. The summed E-state index contributed by atoms with van der Waals surface area (Å²) in [6.07, 6.45) is 0.692. The summed E-state index contributed by atoms with van der Waals surface area (Å²) < 4.78 is 5.02. The van der Waals surface area contributed by atoms with Gasteiger partial charge in [0.05, 0.1) is 13.2 Å². The fraction of sp³-hybridized carbons (Fsp3) is 0.909. The van der Waals surface area contributed by atoms with Gasteiger partial charge in [-0.1, -0.05) is 6.92 Å². The number of hydrogen-bond donors (Lipinski definition) is 2. The summed E-state index contributed by atoms with van der Waals surface area (Å²) >= 11 is 1.66. The van der Waals surface area contributed by atoms with Gasteiger partial charge in [0, 0.05) is 5.25 Å². The van der Waals surface area contributed by atoms with Gasteiger partial charge in [0.15, 0.2) is 0 Å². The molecule has 0 aliphatic carbocycles. The maximum atomic E-state index is 11.7. The van der Waals surface area contributed by atoms with Crippen molar-refractivity contribution in [2.24, 2.45) is 0 Å². The van der Waals surface area contributed by atoms with Crippen LogP contribution in [-0.2, 0) is 9.53 Å². The lowest BCUT2D eigenvalue weighted by atomic mass is 10.00. The highest BCUT2D eigenvalue weighted by molar-refractivity contribution is 7.99. The molecule has 0 aromatic rings. The van der Waals surface area contributed by atoms with Gasteiger partial charge in [-0.3, -0.25) is 4.79 Å². The molecule has 2 unspecified atom stereocenters. The number of esters is 1. The first-order valence-electron chi connectivity index (χ1n) is 5.58. The Morgan fingerprint density at radius 3 is 2.69 bits per heavy atom. The second-order valence-corrected chi connectivity index (χ2v) is 5.46. The summed E-state index contributed by atoms with van der Waals surface area (Å²) in [6.45, 7) is 6.17. The van der Waals surface area contributed by atoms with E-state index in [2.05, 4.69) is 5.32 Å². The summed E-state index contributed by atoms with van der Waals surface area (Å²) in [5, 5.41) is 12.1. The molecule has 2 N–H and O–H groups in total. The second-order valence-electron chi connectivity index (χ2n) is 3.92. The molecule has 0 spiro atoms. The normalized spacial score (nSPS) is 16.6. The highest BCUT2D eigenvalue weighted by Crippen LogP contribution is 2.18. The summed E-state index contributed by atoms with van der Waals surface area (Å²) in [6, 6.07) is 0. The first kappa shape index (κ1) is 15.7. The number of thioether (sulfide) groups is 1. The minimum absolute atomic E-state index is 0.167. The number of likely N-dealkylation sites (N-methyl/N-ethyl adjacent to an activating group) is 1.